The minimum Gasteiger partial charge on any atom is -0.384 e. The van der Waals surface area contributed by atoms with E-state index in [2.05, 4.69) is 20.5 Å². The largest absolute Gasteiger partial charge is 0.389 e. The van der Waals surface area contributed by atoms with Crippen LogP contribution >= 0.6 is 0 Å². The van der Waals surface area contributed by atoms with E-state index in [4.69, 9.17) is 5.73 Å². The number of alkyl halides is 3. The van der Waals surface area contributed by atoms with Gasteiger partial charge in [-0.15, -0.1) is 0 Å². The average molecular weight is 558 g/mol. The monoisotopic (exact) mass is 557 g/mol. The standard InChI is InChI=1S/C29H34F3N5O3/c30-29(31,32)10-9-25(38)20-6-8-26(35-16-20)37-11-1-2-18-12-21(14-24(18)37)36-28(40)19-5-7-22(27(33)39)23(13-19)34-15-17-3-4-17/h5-8,13,16-18,21,24,34H,1-4,9-12,14-15H2,(H2,33,39)(H,36,40). The van der Waals surface area contributed by atoms with E-state index >= 15 is 0 Å². The van der Waals surface area contributed by atoms with E-state index in [0.29, 0.717) is 34.5 Å². The molecule has 3 atom stereocenters. The molecule has 0 radical (unpaired) electrons. The molecule has 5 rings (SSSR count). The lowest BCUT2D eigenvalue weighted by Gasteiger charge is -2.38. The van der Waals surface area contributed by atoms with Crippen LogP contribution in [0.5, 0.6) is 0 Å². The Morgan fingerprint density at radius 2 is 1.82 bits per heavy atom. The zero-order valence-electron chi connectivity index (χ0n) is 22.2. The van der Waals surface area contributed by atoms with Gasteiger partial charge in [-0.1, -0.05) is 0 Å². The second kappa shape index (κ2) is 11.5. The molecule has 2 amide bonds. The molecule has 2 saturated carbocycles. The van der Waals surface area contributed by atoms with Crippen LogP contribution in [0.1, 0.15) is 82.4 Å². The molecule has 1 aromatic carbocycles. The van der Waals surface area contributed by atoms with Gasteiger partial charge in [-0.3, -0.25) is 14.4 Å². The Balaban J connectivity index is 1.22. The maximum absolute atomic E-state index is 13.2. The Morgan fingerprint density at radius 3 is 2.50 bits per heavy atom. The van der Waals surface area contributed by atoms with E-state index in [1.54, 1.807) is 30.3 Å². The lowest BCUT2D eigenvalue weighted by molar-refractivity contribution is -0.133. The molecule has 214 valence electrons. The molecule has 2 aliphatic carbocycles. The van der Waals surface area contributed by atoms with Gasteiger partial charge < -0.3 is 21.3 Å². The van der Waals surface area contributed by atoms with Crippen LogP contribution in [0.2, 0.25) is 0 Å². The van der Waals surface area contributed by atoms with Crippen molar-refractivity contribution in [3.05, 3.63) is 53.2 Å². The van der Waals surface area contributed by atoms with Crippen molar-refractivity contribution in [2.75, 3.05) is 23.3 Å². The van der Waals surface area contributed by atoms with E-state index < -0.39 is 30.7 Å². The molecule has 4 N–H and O–H groups in total. The number of nitrogens with one attached hydrogen (secondary N) is 2. The number of nitrogens with two attached hydrogens (primary N) is 1. The van der Waals surface area contributed by atoms with Crippen molar-refractivity contribution in [1.29, 1.82) is 0 Å². The Labute approximate surface area is 230 Å². The molecule has 2 heterocycles. The number of halogens is 3. The first-order valence-corrected chi connectivity index (χ1v) is 13.9. The zero-order chi connectivity index (χ0) is 28.4. The second-order valence-corrected chi connectivity index (χ2v) is 11.2. The number of nitrogens with zero attached hydrogens (tertiary/aromatic N) is 2. The summed E-state index contributed by atoms with van der Waals surface area (Å²) in [6.07, 6.45) is 1.10. The maximum atomic E-state index is 13.2. The summed E-state index contributed by atoms with van der Waals surface area (Å²) in [7, 11) is 0. The van der Waals surface area contributed by atoms with E-state index in [1.807, 2.05) is 0 Å². The smallest absolute Gasteiger partial charge is 0.384 e. The minimum absolute atomic E-state index is 0.0370. The van der Waals surface area contributed by atoms with Gasteiger partial charge in [-0.25, -0.2) is 4.98 Å². The summed E-state index contributed by atoms with van der Waals surface area (Å²) >= 11 is 0. The number of hydrogen-bond acceptors (Lipinski definition) is 6. The lowest BCUT2D eigenvalue weighted by atomic mass is 9.92. The highest BCUT2D eigenvalue weighted by molar-refractivity contribution is 6.02. The SMILES string of the molecule is NC(=O)c1ccc(C(=O)NC2CC3CCCN(c4ccc(C(=O)CCC(F)(F)F)cn4)C3C2)cc1NCC1CC1. The first-order chi connectivity index (χ1) is 19.1. The number of pyridine rings is 1. The fourth-order valence-electron chi connectivity index (χ4n) is 5.90. The third-order valence-corrected chi connectivity index (χ3v) is 8.19. The predicted octanol–water partition coefficient (Wildman–Crippen LogP) is 4.71. The first kappa shape index (κ1) is 27.9. The molecule has 11 heteroatoms. The number of anilines is 2. The van der Waals surface area contributed by atoms with Crippen LogP contribution in [0.3, 0.4) is 0 Å². The summed E-state index contributed by atoms with van der Waals surface area (Å²) in [5.74, 6) is 0.303. The average Bonchev–Trinajstić information content (AvgIpc) is 3.67. The number of ketones is 1. The summed E-state index contributed by atoms with van der Waals surface area (Å²) in [4.78, 5) is 43.8. The number of hydrogen-bond donors (Lipinski definition) is 3. The predicted molar refractivity (Wildman–Crippen MR) is 144 cm³/mol. The number of carbonyl (C=O) groups excluding carboxylic acids is 3. The van der Waals surface area contributed by atoms with Crippen molar-refractivity contribution in [2.24, 2.45) is 17.6 Å². The molecule has 1 saturated heterocycles. The van der Waals surface area contributed by atoms with Crippen molar-refractivity contribution in [3.63, 3.8) is 0 Å². The van der Waals surface area contributed by atoms with Crippen LogP contribution in [0.4, 0.5) is 24.7 Å². The third kappa shape index (κ3) is 6.74. The van der Waals surface area contributed by atoms with Crippen LogP contribution < -0.4 is 21.3 Å². The normalized spacial score (nSPS) is 22.5. The zero-order valence-corrected chi connectivity index (χ0v) is 22.2. The molecule has 8 nitrogen and oxygen atoms in total. The quantitative estimate of drug-likeness (QED) is 0.365. The number of piperidine rings is 1. The fourth-order valence-corrected chi connectivity index (χ4v) is 5.90. The molecular weight excluding hydrogens is 523 g/mol. The van der Waals surface area contributed by atoms with Crippen LogP contribution in [-0.4, -0.2) is 53.9 Å². The first-order valence-electron chi connectivity index (χ1n) is 13.9. The van der Waals surface area contributed by atoms with E-state index in [9.17, 15) is 27.6 Å². The van der Waals surface area contributed by atoms with Crippen LogP contribution in [0.25, 0.3) is 0 Å². The Hall–Kier alpha value is -3.63. The highest BCUT2D eigenvalue weighted by Gasteiger charge is 2.41. The number of primary amides is 1. The van der Waals surface area contributed by atoms with Crippen molar-refractivity contribution < 1.29 is 27.6 Å². The maximum Gasteiger partial charge on any atom is 0.389 e. The van der Waals surface area contributed by atoms with E-state index in [1.165, 1.54) is 6.20 Å². The van der Waals surface area contributed by atoms with Crippen LogP contribution in [0, 0.1) is 11.8 Å². The summed E-state index contributed by atoms with van der Waals surface area (Å²) in [5.41, 5.74) is 7.10. The van der Waals surface area contributed by atoms with Gasteiger partial charge in [0.1, 0.15) is 5.82 Å². The molecule has 40 heavy (non-hydrogen) atoms. The van der Waals surface area contributed by atoms with Crippen LogP contribution in [-0.2, 0) is 0 Å². The van der Waals surface area contributed by atoms with Gasteiger partial charge in [-0.05, 0) is 80.7 Å². The Morgan fingerprint density at radius 1 is 1.05 bits per heavy atom. The summed E-state index contributed by atoms with van der Waals surface area (Å²) in [6.45, 7) is 1.52. The summed E-state index contributed by atoms with van der Waals surface area (Å²) < 4.78 is 37.4. The molecule has 0 bridgehead atoms. The molecule has 1 aromatic heterocycles. The van der Waals surface area contributed by atoms with Crippen molar-refractivity contribution in [2.45, 2.75) is 69.6 Å². The van der Waals surface area contributed by atoms with Crippen molar-refractivity contribution >= 4 is 29.1 Å². The molecule has 3 unspecified atom stereocenters. The summed E-state index contributed by atoms with van der Waals surface area (Å²) in [6, 6.07) is 8.26. The molecule has 3 aliphatic rings. The Bertz CT molecular complexity index is 1260. The van der Waals surface area contributed by atoms with Crippen molar-refractivity contribution in [1.82, 2.24) is 10.3 Å². The number of aromatic nitrogens is 1. The number of fused-ring (bicyclic) bond motifs is 1. The second-order valence-electron chi connectivity index (χ2n) is 11.2. The highest BCUT2D eigenvalue weighted by Crippen LogP contribution is 2.39. The number of rotatable bonds is 10. The molecule has 0 spiro atoms. The number of Topliss-reactive ketones (excluding diaryl/α,β-unsaturated/α-hetero) is 1. The number of benzene rings is 1. The molecule has 3 fully saturated rings. The van der Waals surface area contributed by atoms with Gasteiger partial charge >= 0.3 is 6.18 Å². The lowest BCUT2D eigenvalue weighted by Crippen LogP contribution is -2.43. The number of amides is 2. The van der Waals surface area contributed by atoms with Crippen LogP contribution in [0.15, 0.2) is 36.5 Å². The third-order valence-electron chi connectivity index (χ3n) is 8.19. The molecular formula is C29H34F3N5O3. The summed E-state index contributed by atoms with van der Waals surface area (Å²) in [5, 5.41) is 6.43. The van der Waals surface area contributed by atoms with Gasteiger partial charge in [-0.2, -0.15) is 13.2 Å². The number of carbonyl (C=O) groups is 3. The van der Waals surface area contributed by atoms with E-state index in [0.717, 1.165) is 51.6 Å². The molecule has 1 aliphatic heterocycles. The van der Waals surface area contributed by atoms with Gasteiger partial charge in [0.2, 0.25) is 0 Å². The van der Waals surface area contributed by atoms with Gasteiger partial charge in [0.15, 0.2) is 5.78 Å². The fraction of sp³-hybridized carbons (Fsp3) is 0.517. The Kier molecular flexibility index (Phi) is 8.00. The minimum atomic E-state index is -4.37. The van der Waals surface area contributed by atoms with Gasteiger partial charge in [0.05, 0.1) is 12.0 Å². The topological polar surface area (TPSA) is 117 Å². The van der Waals surface area contributed by atoms with Crippen molar-refractivity contribution in [3.8, 4) is 0 Å². The van der Waals surface area contributed by atoms with Gasteiger partial charge in [0.25, 0.3) is 11.8 Å². The molecule has 2 aromatic rings. The van der Waals surface area contributed by atoms with Gasteiger partial charge in [0, 0.05) is 54.6 Å². The van der Waals surface area contributed by atoms with E-state index in [-0.39, 0.29) is 23.6 Å². The highest BCUT2D eigenvalue weighted by atomic mass is 19.4.